The van der Waals surface area contributed by atoms with Crippen LogP contribution in [0.25, 0.3) is 11.3 Å². The van der Waals surface area contributed by atoms with Crippen LogP contribution in [0.2, 0.25) is 0 Å². The van der Waals surface area contributed by atoms with E-state index in [9.17, 15) is 8.42 Å². The third-order valence-corrected chi connectivity index (χ3v) is 6.36. The first-order valence-corrected chi connectivity index (χ1v) is 10.9. The van der Waals surface area contributed by atoms with Gasteiger partial charge in [-0.25, -0.2) is 13.4 Å². The fourth-order valence-electron chi connectivity index (χ4n) is 2.79. The number of hydrogen-bond donors (Lipinski definition) is 1. The Balaban J connectivity index is 1.59. The van der Waals surface area contributed by atoms with Crippen LogP contribution in [0.15, 0.2) is 52.7 Å². The molecule has 0 amide bonds. The highest BCUT2D eigenvalue weighted by Crippen LogP contribution is 2.34. The molecular formula is C19H18N2O5S2. The highest BCUT2D eigenvalue weighted by molar-refractivity contribution is 7.93. The van der Waals surface area contributed by atoms with Gasteiger partial charge in [-0.2, -0.15) is 0 Å². The Kier molecular flexibility index (Phi) is 5.10. The van der Waals surface area contributed by atoms with Crippen molar-refractivity contribution in [3.05, 3.63) is 47.8 Å². The molecule has 4 rings (SSSR count). The second-order valence-electron chi connectivity index (χ2n) is 6.00. The lowest BCUT2D eigenvalue weighted by atomic mass is 10.1. The average Bonchev–Trinajstić information content (AvgIpc) is 3.02. The SMILES string of the molecule is COc1ccccc1-c1csc(NS(=O)(=O)c2ccc3c(c2)OCCCO3)n1. The minimum Gasteiger partial charge on any atom is -0.496 e. The van der Waals surface area contributed by atoms with Crippen LogP contribution in [-0.4, -0.2) is 33.7 Å². The molecule has 0 unspecified atom stereocenters. The quantitative estimate of drug-likeness (QED) is 0.679. The average molecular weight is 418 g/mol. The summed E-state index contributed by atoms with van der Waals surface area (Å²) >= 11 is 1.20. The van der Waals surface area contributed by atoms with Crippen LogP contribution in [-0.2, 0) is 10.0 Å². The van der Waals surface area contributed by atoms with Crippen LogP contribution >= 0.6 is 11.3 Å². The lowest BCUT2D eigenvalue weighted by Gasteiger charge is -2.10. The van der Waals surface area contributed by atoms with Crippen molar-refractivity contribution in [2.75, 3.05) is 25.0 Å². The molecule has 1 aliphatic heterocycles. The molecule has 2 aromatic carbocycles. The Morgan fingerprint density at radius 3 is 2.71 bits per heavy atom. The summed E-state index contributed by atoms with van der Waals surface area (Å²) in [5.74, 6) is 1.64. The molecule has 3 aromatic rings. The molecule has 0 saturated carbocycles. The number of ether oxygens (including phenoxy) is 3. The van der Waals surface area contributed by atoms with Crippen molar-refractivity contribution in [1.82, 2.24) is 4.98 Å². The van der Waals surface area contributed by atoms with Gasteiger partial charge in [-0.1, -0.05) is 12.1 Å². The maximum Gasteiger partial charge on any atom is 0.263 e. The summed E-state index contributed by atoms with van der Waals surface area (Å²) in [5, 5.41) is 2.05. The molecule has 1 aliphatic rings. The smallest absolute Gasteiger partial charge is 0.263 e. The number of rotatable bonds is 5. The number of anilines is 1. The Morgan fingerprint density at radius 1 is 1.11 bits per heavy atom. The van der Waals surface area contributed by atoms with E-state index in [1.807, 2.05) is 24.3 Å². The van der Waals surface area contributed by atoms with E-state index in [1.165, 1.54) is 23.5 Å². The summed E-state index contributed by atoms with van der Waals surface area (Å²) in [6.45, 7) is 1.03. The van der Waals surface area contributed by atoms with Crippen LogP contribution in [0.3, 0.4) is 0 Å². The van der Waals surface area contributed by atoms with Crippen molar-refractivity contribution >= 4 is 26.5 Å². The van der Waals surface area contributed by atoms with E-state index in [0.29, 0.717) is 36.2 Å². The Morgan fingerprint density at radius 2 is 1.89 bits per heavy atom. The molecule has 0 radical (unpaired) electrons. The van der Waals surface area contributed by atoms with Gasteiger partial charge in [0.1, 0.15) is 5.75 Å². The summed E-state index contributed by atoms with van der Waals surface area (Å²) < 4.78 is 44.5. The molecule has 1 N–H and O–H groups in total. The zero-order valence-electron chi connectivity index (χ0n) is 15.0. The van der Waals surface area contributed by atoms with E-state index in [0.717, 1.165) is 12.0 Å². The molecule has 0 saturated heterocycles. The van der Waals surface area contributed by atoms with Gasteiger partial charge in [-0.05, 0) is 24.3 Å². The summed E-state index contributed by atoms with van der Waals surface area (Å²) in [4.78, 5) is 4.48. The van der Waals surface area contributed by atoms with Crippen LogP contribution in [0.1, 0.15) is 6.42 Å². The predicted octanol–water partition coefficient (Wildman–Crippen LogP) is 3.78. The summed E-state index contributed by atoms with van der Waals surface area (Å²) in [7, 11) is -2.23. The number of fused-ring (bicyclic) bond motifs is 1. The van der Waals surface area contributed by atoms with Crippen molar-refractivity contribution in [3.8, 4) is 28.5 Å². The molecule has 0 fully saturated rings. The topological polar surface area (TPSA) is 86.8 Å². The van der Waals surface area contributed by atoms with Gasteiger partial charge in [0.15, 0.2) is 16.6 Å². The third-order valence-electron chi connectivity index (χ3n) is 4.14. The molecule has 0 bridgehead atoms. The molecule has 9 heteroatoms. The van der Waals surface area contributed by atoms with Crippen molar-refractivity contribution < 1.29 is 22.6 Å². The van der Waals surface area contributed by atoms with Crippen molar-refractivity contribution in [2.24, 2.45) is 0 Å². The van der Waals surface area contributed by atoms with Gasteiger partial charge in [0, 0.05) is 23.4 Å². The van der Waals surface area contributed by atoms with Gasteiger partial charge in [0.2, 0.25) is 0 Å². The Bertz CT molecular complexity index is 1100. The highest BCUT2D eigenvalue weighted by Gasteiger charge is 2.20. The summed E-state index contributed by atoms with van der Waals surface area (Å²) in [6, 6.07) is 12.0. The number of methoxy groups -OCH3 is 1. The van der Waals surface area contributed by atoms with E-state index in [-0.39, 0.29) is 10.0 Å². The number of nitrogens with one attached hydrogen (secondary N) is 1. The van der Waals surface area contributed by atoms with E-state index in [4.69, 9.17) is 14.2 Å². The minimum atomic E-state index is -3.81. The molecule has 7 nitrogen and oxygen atoms in total. The molecule has 0 aliphatic carbocycles. The first kappa shape index (κ1) is 18.6. The second kappa shape index (κ2) is 7.69. The number of para-hydroxylation sites is 1. The van der Waals surface area contributed by atoms with Gasteiger partial charge in [-0.3, -0.25) is 4.72 Å². The molecule has 0 atom stereocenters. The number of nitrogens with zero attached hydrogens (tertiary/aromatic N) is 1. The number of thiazole rings is 1. The molecular weight excluding hydrogens is 400 g/mol. The maximum absolute atomic E-state index is 12.8. The number of sulfonamides is 1. The zero-order chi connectivity index (χ0) is 19.6. The molecule has 0 spiro atoms. The minimum absolute atomic E-state index is 0.0887. The molecule has 28 heavy (non-hydrogen) atoms. The lowest BCUT2D eigenvalue weighted by molar-refractivity contribution is 0.297. The summed E-state index contributed by atoms with van der Waals surface area (Å²) in [5.41, 5.74) is 1.43. The molecule has 146 valence electrons. The largest absolute Gasteiger partial charge is 0.496 e. The normalized spacial score (nSPS) is 13.6. The number of aromatic nitrogens is 1. The van der Waals surface area contributed by atoms with Crippen molar-refractivity contribution in [3.63, 3.8) is 0 Å². The van der Waals surface area contributed by atoms with Crippen LogP contribution < -0.4 is 18.9 Å². The lowest BCUT2D eigenvalue weighted by Crippen LogP contribution is -2.13. The molecule has 1 aromatic heterocycles. The second-order valence-corrected chi connectivity index (χ2v) is 8.54. The maximum atomic E-state index is 12.8. The number of hydrogen-bond acceptors (Lipinski definition) is 7. The van der Waals surface area contributed by atoms with Gasteiger partial charge < -0.3 is 14.2 Å². The van der Waals surface area contributed by atoms with Gasteiger partial charge >= 0.3 is 0 Å². The monoisotopic (exact) mass is 418 g/mol. The van der Waals surface area contributed by atoms with Crippen LogP contribution in [0, 0.1) is 0 Å². The molecule has 2 heterocycles. The first-order valence-electron chi connectivity index (χ1n) is 8.58. The van der Waals surface area contributed by atoms with Gasteiger partial charge in [0.25, 0.3) is 10.0 Å². The van der Waals surface area contributed by atoms with E-state index in [1.54, 1.807) is 18.6 Å². The number of benzene rings is 2. The predicted molar refractivity (Wildman–Crippen MR) is 107 cm³/mol. The first-order chi connectivity index (χ1) is 13.6. The fourth-order valence-corrected chi connectivity index (χ4v) is 4.76. The van der Waals surface area contributed by atoms with E-state index in [2.05, 4.69) is 9.71 Å². The van der Waals surface area contributed by atoms with Crippen LogP contribution in [0.4, 0.5) is 5.13 Å². The highest BCUT2D eigenvalue weighted by atomic mass is 32.2. The Labute approximate surface area is 167 Å². The van der Waals surface area contributed by atoms with Gasteiger partial charge in [0.05, 0.1) is 30.9 Å². The third kappa shape index (κ3) is 3.76. The standard InChI is InChI=1S/C19H18N2O5S2/c1-24-16-6-3-2-5-14(16)15-12-27-19(20-15)21-28(22,23)13-7-8-17-18(11-13)26-10-4-9-25-17/h2-3,5-8,11-12H,4,9-10H2,1H3,(H,20,21). The Hall–Kier alpha value is -2.78. The fraction of sp³-hybridized carbons (Fsp3) is 0.211. The van der Waals surface area contributed by atoms with E-state index >= 15 is 0 Å². The van der Waals surface area contributed by atoms with E-state index < -0.39 is 10.0 Å². The summed E-state index contributed by atoms with van der Waals surface area (Å²) in [6.07, 6.45) is 0.750. The zero-order valence-corrected chi connectivity index (χ0v) is 16.7. The van der Waals surface area contributed by atoms with Gasteiger partial charge in [-0.15, -0.1) is 11.3 Å². The van der Waals surface area contributed by atoms with Crippen molar-refractivity contribution in [2.45, 2.75) is 11.3 Å². The van der Waals surface area contributed by atoms with Crippen molar-refractivity contribution in [1.29, 1.82) is 0 Å². The van der Waals surface area contributed by atoms with Crippen LogP contribution in [0.5, 0.6) is 17.2 Å².